The highest BCUT2D eigenvalue weighted by Crippen LogP contribution is 2.44. The van der Waals surface area contributed by atoms with Gasteiger partial charge in [0.1, 0.15) is 11.8 Å². The predicted octanol–water partition coefficient (Wildman–Crippen LogP) is 1.74. The summed E-state index contributed by atoms with van der Waals surface area (Å²) in [5.41, 5.74) is 0.827. The number of benzene rings is 1. The molecule has 1 fully saturated rings. The average molecular weight is 465 g/mol. The highest BCUT2D eigenvalue weighted by Gasteiger charge is 2.62. The number of rotatable bonds is 6. The zero-order valence-electron chi connectivity index (χ0n) is 17.9. The van der Waals surface area contributed by atoms with E-state index in [0.29, 0.717) is 0 Å². The third-order valence-electron chi connectivity index (χ3n) is 4.97. The molecule has 1 saturated heterocycles. The second-order valence-electron chi connectivity index (χ2n) is 7.22. The van der Waals surface area contributed by atoms with Gasteiger partial charge in [0.25, 0.3) is 0 Å². The van der Waals surface area contributed by atoms with Crippen LogP contribution in [0, 0.1) is 6.92 Å². The van der Waals surface area contributed by atoms with E-state index in [1.54, 1.807) is 19.1 Å². The molecular formula is C21H23NO9S. The van der Waals surface area contributed by atoms with Gasteiger partial charge in [-0.15, -0.1) is 0 Å². The number of ether oxygens (including phenoxy) is 3. The van der Waals surface area contributed by atoms with Crippen LogP contribution in [0.1, 0.15) is 31.2 Å². The second kappa shape index (κ2) is 9.13. The average Bonchev–Trinajstić information content (AvgIpc) is 3.34. The van der Waals surface area contributed by atoms with Crippen LogP contribution in [0.5, 0.6) is 0 Å². The fourth-order valence-corrected chi connectivity index (χ4v) is 5.46. The van der Waals surface area contributed by atoms with Crippen molar-refractivity contribution in [1.29, 1.82) is 0 Å². The standard InChI is InChI=1S/C21H23NO9S/c1-12-7-9-15(10-8-12)32(26,27)22-17(16-6-5-11-29-16)19(30-13(2)23)20(31-14(3)24)18(22)21(25)28-4/h5-11,17-20H,1-4H3/t17-,18-,19-,20+/m0/s1. The minimum atomic E-state index is -4.38. The molecule has 0 radical (unpaired) electrons. The van der Waals surface area contributed by atoms with Crippen LogP contribution in [0.2, 0.25) is 0 Å². The number of carbonyl (C=O) groups is 3. The maximum absolute atomic E-state index is 13.7. The topological polar surface area (TPSA) is 129 Å². The van der Waals surface area contributed by atoms with Crippen molar-refractivity contribution in [2.45, 2.75) is 50.0 Å². The summed E-state index contributed by atoms with van der Waals surface area (Å²) in [6.45, 7) is 4.01. The maximum atomic E-state index is 13.7. The molecule has 1 aliphatic rings. The van der Waals surface area contributed by atoms with Gasteiger partial charge in [-0.1, -0.05) is 17.7 Å². The SMILES string of the molecule is COC(=O)[C@@H]1[C@@H](OC(C)=O)[C@@H](OC(C)=O)[C@H](c2ccco2)N1S(=O)(=O)c1ccc(C)cc1. The summed E-state index contributed by atoms with van der Waals surface area (Å²) in [5, 5.41) is 0. The number of esters is 3. The van der Waals surface area contributed by atoms with Crippen molar-refractivity contribution in [2.75, 3.05) is 7.11 Å². The Kier molecular flexibility index (Phi) is 6.70. The molecule has 4 atom stereocenters. The van der Waals surface area contributed by atoms with Gasteiger partial charge in [-0.25, -0.2) is 8.42 Å². The first-order valence-electron chi connectivity index (χ1n) is 9.63. The number of sulfonamides is 1. The molecule has 0 saturated carbocycles. The maximum Gasteiger partial charge on any atom is 0.328 e. The molecule has 0 bridgehead atoms. The smallest absolute Gasteiger partial charge is 0.328 e. The molecule has 11 heteroatoms. The van der Waals surface area contributed by atoms with E-state index in [4.69, 9.17) is 18.6 Å². The van der Waals surface area contributed by atoms with E-state index in [1.165, 1.54) is 30.5 Å². The molecule has 2 heterocycles. The van der Waals surface area contributed by atoms with Gasteiger partial charge in [0.2, 0.25) is 10.0 Å². The predicted molar refractivity (Wildman–Crippen MR) is 109 cm³/mol. The van der Waals surface area contributed by atoms with Gasteiger partial charge < -0.3 is 18.6 Å². The summed E-state index contributed by atoms with van der Waals surface area (Å²) in [5.74, 6) is -2.45. The number of methoxy groups -OCH3 is 1. The van der Waals surface area contributed by atoms with Crippen molar-refractivity contribution in [3.05, 3.63) is 54.0 Å². The molecule has 0 aliphatic carbocycles. The lowest BCUT2D eigenvalue weighted by Crippen LogP contribution is -2.47. The van der Waals surface area contributed by atoms with Gasteiger partial charge in [0, 0.05) is 13.8 Å². The first-order chi connectivity index (χ1) is 15.1. The minimum Gasteiger partial charge on any atom is -0.468 e. The van der Waals surface area contributed by atoms with Crippen LogP contribution in [0.3, 0.4) is 0 Å². The van der Waals surface area contributed by atoms with E-state index in [0.717, 1.165) is 30.8 Å². The molecule has 0 unspecified atom stereocenters. The van der Waals surface area contributed by atoms with E-state index < -0.39 is 52.2 Å². The van der Waals surface area contributed by atoms with E-state index in [9.17, 15) is 22.8 Å². The van der Waals surface area contributed by atoms with E-state index in [-0.39, 0.29) is 10.7 Å². The van der Waals surface area contributed by atoms with Gasteiger partial charge in [-0.05, 0) is 31.2 Å². The van der Waals surface area contributed by atoms with E-state index in [1.807, 2.05) is 0 Å². The lowest BCUT2D eigenvalue weighted by Gasteiger charge is -2.27. The van der Waals surface area contributed by atoms with Gasteiger partial charge >= 0.3 is 17.9 Å². The zero-order chi connectivity index (χ0) is 23.6. The molecular weight excluding hydrogens is 442 g/mol. The third-order valence-corrected chi connectivity index (χ3v) is 6.85. The van der Waals surface area contributed by atoms with Crippen molar-refractivity contribution in [1.82, 2.24) is 4.31 Å². The van der Waals surface area contributed by atoms with Crippen LogP contribution < -0.4 is 0 Å². The summed E-state index contributed by atoms with van der Waals surface area (Å²) < 4.78 is 49.3. The normalized spacial score (nSPS) is 23.5. The second-order valence-corrected chi connectivity index (χ2v) is 9.07. The van der Waals surface area contributed by atoms with Gasteiger partial charge in [-0.2, -0.15) is 4.31 Å². The first-order valence-corrected chi connectivity index (χ1v) is 11.1. The molecule has 1 aromatic carbocycles. The fourth-order valence-electron chi connectivity index (χ4n) is 3.70. The van der Waals surface area contributed by atoms with Gasteiger partial charge in [-0.3, -0.25) is 14.4 Å². The van der Waals surface area contributed by atoms with Crippen LogP contribution in [0.15, 0.2) is 52.0 Å². The number of hydrogen-bond acceptors (Lipinski definition) is 9. The Balaban J connectivity index is 2.26. The lowest BCUT2D eigenvalue weighted by atomic mass is 10.1. The Morgan fingerprint density at radius 2 is 1.56 bits per heavy atom. The van der Waals surface area contributed by atoms with Crippen molar-refractivity contribution in [3.63, 3.8) is 0 Å². The fraction of sp³-hybridized carbons (Fsp3) is 0.381. The number of hydrogen-bond donors (Lipinski definition) is 0. The van der Waals surface area contributed by atoms with Crippen molar-refractivity contribution in [3.8, 4) is 0 Å². The van der Waals surface area contributed by atoms with Crippen molar-refractivity contribution in [2.24, 2.45) is 0 Å². The first kappa shape index (κ1) is 23.5. The minimum absolute atomic E-state index is 0.0930. The Labute approximate surface area is 185 Å². The largest absolute Gasteiger partial charge is 0.468 e. The summed E-state index contributed by atoms with van der Waals surface area (Å²) in [6, 6.07) is 6.04. The molecule has 0 N–H and O–H groups in total. The van der Waals surface area contributed by atoms with E-state index in [2.05, 4.69) is 0 Å². The zero-order valence-corrected chi connectivity index (χ0v) is 18.7. The number of aryl methyl sites for hydroxylation is 1. The van der Waals surface area contributed by atoms with Gasteiger partial charge in [0.15, 0.2) is 18.2 Å². The molecule has 32 heavy (non-hydrogen) atoms. The van der Waals surface area contributed by atoms with Crippen LogP contribution >= 0.6 is 0 Å². The summed E-state index contributed by atoms with van der Waals surface area (Å²) in [7, 11) is -3.31. The summed E-state index contributed by atoms with van der Waals surface area (Å²) in [6.07, 6.45) is -1.53. The van der Waals surface area contributed by atoms with Crippen molar-refractivity contribution >= 4 is 27.9 Å². The summed E-state index contributed by atoms with van der Waals surface area (Å²) >= 11 is 0. The molecule has 3 rings (SSSR count). The Morgan fingerprint density at radius 3 is 2.06 bits per heavy atom. The monoisotopic (exact) mass is 465 g/mol. The van der Waals surface area contributed by atoms with Crippen molar-refractivity contribution < 1.29 is 41.4 Å². The van der Waals surface area contributed by atoms with E-state index >= 15 is 0 Å². The molecule has 1 aliphatic heterocycles. The highest BCUT2D eigenvalue weighted by atomic mass is 32.2. The molecule has 172 valence electrons. The van der Waals surface area contributed by atoms with Crippen LogP contribution in [0.4, 0.5) is 0 Å². The quantitative estimate of drug-likeness (QED) is 0.462. The summed E-state index contributed by atoms with van der Waals surface area (Å²) in [4.78, 5) is 36.4. The number of carbonyl (C=O) groups excluding carboxylic acids is 3. The van der Waals surface area contributed by atoms with Gasteiger partial charge in [0.05, 0.1) is 18.3 Å². The molecule has 0 spiro atoms. The number of nitrogens with zero attached hydrogens (tertiary/aromatic N) is 1. The molecule has 2 aromatic rings. The van der Waals surface area contributed by atoms with Crippen LogP contribution in [-0.4, -0.2) is 56.0 Å². The Bertz CT molecular complexity index is 1090. The van der Waals surface area contributed by atoms with Crippen LogP contribution in [-0.2, 0) is 38.6 Å². The molecule has 10 nitrogen and oxygen atoms in total. The third kappa shape index (κ3) is 4.39. The lowest BCUT2D eigenvalue weighted by molar-refractivity contribution is -0.167. The molecule has 1 aromatic heterocycles. The van der Waals surface area contributed by atoms with Crippen LogP contribution in [0.25, 0.3) is 0 Å². The highest BCUT2D eigenvalue weighted by molar-refractivity contribution is 7.89. The Hall–Kier alpha value is -3.18. The molecule has 0 amide bonds. The number of furan rings is 1. The Morgan fingerprint density at radius 1 is 0.969 bits per heavy atom.